The van der Waals surface area contributed by atoms with E-state index in [1.54, 1.807) is 0 Å². The van der Waals surface area contributed by atoms with Crippen LogP contribution in [0, 0.1) is 0 Å². The molecule has 23 heavy (non-hydrogen) atoms. The molecule has 120 valence electrons. The normalized spacial score (nSPS) is 16.1. The second-order valence-corrected chi connectivity index (χ2v) is 5.79. The number of para-hydroxylation sites is 1. The van der Waals surface area contributed by atoms with Crippen LogP contribution in [0.5, 0.6) is 5.75 Å². The number of fused-ring (bicyclic) bond motifs is 1. The molecule has 0 fully saturated rings. The van der Waals surface area contributed by atoms with Crippen molar-refractivity contribution in [2.75, 3.05) is 11.5 Å². The van der Waals surface area contributed by atoms with Gasteiger partial charge in [-0.05, 0) is 49.6 Å². The van der Waals surface area contributed by atoms with Crippen LogP contribution in [0.15, 0.2) is 48.5 Å². The standard InChI is InChI=1S/C19H22N2O2/c1-3-23-17-10-8-15(9-11-17)13-20-19(22)21-14(2)12-16-6-4-5-7-18(16)21/h4-11,14H,3,12-13H2,1-2H3,(H,20,22). The topological polar surface area (TPSA) is 41.6 Å². The van der Waals surface area contributed by atoms with Gasteiger partial charge >= 0.3 is 6.03 Å². The second-order valence-electron chi connectivity index (χ2n) is 5.79. The monoisotopic (exact) mass is 310 g/mol. The summed E-state index contributed by atoms with van der Waals surface area (Å²) in [7, 11) is 0. The smallest absolute Gasteiger partial charge is 0.322 e. The van der Waals surface area contributed by atoms with Gasteiger partial charge < -0.3 is 10.1 Å². The van der Waals surface area contributed by atoms with E-state index in [0.717, 1.165) is 23.4 Å². The number of carbonyl (C=O) groups is 1. The lowest BCUT2D eigenvalue weighted by molar-refractivity contribution is 0.244. The summed E-state index contributed by atoms with van der Waals surface area (Å²) in [6, 6.07) is 16.1. The molecule has 0 spiro atoms. The van der Waals surface area contributed by atoms with Crippen molar-refractivity contribution in [3.05, 3.63) is 59.7 Å². The zero-order valence-electron chi connectivity index (χ0n) is 13.6. The molecule has 4 heteroatoms. The number of hydrogen-bond donors (Lipinski definition) is 1. The molecule has 3 rings (SSSR count). The van der Waals surface area contributed by atoms with Gasteiger partial charge in [-0.1, -0.05) is 30.3 Å². The van der Waals surface area contributed by atoms with Gasteiger partial charge in [0.25, 0.3) is 0 Å². The summed E-state index contributed by atoms with van der Waals surface area (Å²) in [6.45, 7) is 5.21. The molecule has 1 N–H and O–H groups in total. The molecule has 2 aromatic carbocycles. The van der Waals surface area contributed by atoms with Crippen LogP contribution in [-0.4, -0.2) is 18.7 Å². The maximum Gasteiger partial charge on any atom is 0.322 e. The van der Waals surface area contributed by atoms with E-state index >= 15 is 0 Å². The summed E-state index contributed by atoms with van der Waals surface area (Å²) in [5.74, 6) is 0.852. The molecule has 0 saturated carbocycles. The lowest BCUT2D eigenvalue weighted by Gasteiger charge is -2.23. The van der Waals surface area contributed by atoms with Crippen LogP contribution < -0.4 is 15.0 Å². The lowest BCUT2D eigenvalue weighted by atomic mass is 10.1. The van der Waals surface area contributed by atoms with Crippen molar-refractivity contribution in [2.45, 2.75) is 32.9 Å². The summed E-state index contributed by atoms with van der Waals surface area (Å²) in [5.41, 5.74) is 3.31. The highest BCUT2D eigenvalue weighted by atomic mass is 16.5. The number of nitrogens with one attached hydrogen (secondary N) is 1. The predicted octanol–water partition coefficient (Wildman–Crippen LogP) is 3.75. The van der Waals surface area contributed by atoms with Crippen LogP contribution in [0.1, 0.15) is 25.0 Å². The van der Waals surface area contributed by atoms with E-state index in [1.807, 2.05) is 54.3 Å². The van der Waals surface area contributed by atoms with E-state index in [0.29, 0.717) is 13.2 Å². The minimum Gasteiger partial charge on any atom is -0.494 e. The SMILES string of the molecule is CCOc1ccc(CNC(=O)N2c3ccccc3CC2C)cc1. The van der Waals surface area contributed by atoms with Gasteiger partial charge in [0, 0.05) is 18.3 Å². The summed E-state index contributed by atoms with van der Waals surface area (Å²) >= 11 is 0. The van der Waals surface area contributed by atoms with Crippen LogP contribution >= 0.6 is 0 Å². The average Bonchev–Trinajstić information content (AvgIpc) is 2.90. The highest BCUT2D eigenvalue weighted by Gasteiger charge is 2.30. The first-order chi connectivity index (χ1) is 11.2. The van der Waals surface area contributed by atoms with E-state index in [4.69, 9.17) is 4.74 Å². The van der Waals surface area contributed by atoms with Crippen LogP contribution in [0.4, 0.5) is 10.5 Å². The molecule has 0 bridgehead atoms. The highest BCUT2D eigenvalue weighted by molar-refractivity contribution is 5.94. The van der Waals surface area contributed by atoms with E-state index in [2.05, 4.69) is 18.3 Å². The van der Waals surface area contributed by atoms with Gasteiger partial charge in [-0.25, -0.2) is 4.79 Å². The Morgan fingerprint density at radius 1 is 1.22 bits per heavy atom. The zero-order valence-corrected chi connectivity index (χ0v) is 13.6. The fraction of sp³-hybridized carbons (Fsp3) is 0.316. The number of rotatable bonds is 4. The Morgan fingerprint density at radius 2 is 1.96 bits per heavy atom. The largest absolute Gasteiger partial charge is 0.494 e. The van der Waals surface area contributed by atoms with E-state index in [1.165, 1.54) is 5.56 Å². The molecule has 0 aliphatic carbocycles. The number of amides is 2. The molecule has 1 heterocycles. The van der Waals surface area contributed by atoms with Gasteiger partial charge in [-0.15, -0.1) is 0 Å². The van der Waals surface area contributed by atoms with Crippen molar-refractivity contribution in [1.82, 2.24) is 5.32 Å². The number of carbonyl (C=O) groups excluding carboxylic acids is 1. The van der Waals surface area contributed by atoms with Crippen LogP contribution in [-0.2, 0) is 13.0 Å². The van der Waals surface area contributed by atoms with Gasteiger partial charge in [0.1, 0.15) is 5.75 Å². The molecule has 0 aromatic heterocycles. The molecule has 0 radical (unpaired) electrons. The van der Waals surface area contributed by atoms with Crippen molar-refractivity contribution < 1.29 is 9.53 Å². The molecular weight excluding hydrogens is 288 g/mol. The van der Waals surface area contributed by atoms with E-state index in [-0.39, 0.29) is 12.1 Å². The van der Waals surface area contributed by atoms with Crippen molar-refractivity contribution in [1.29, 1.82) is 0 Å². The minimum atomic E-state index is -0.0451. The molecule has 2 aromatic rings. The molecule has 1 unspecified atom stereocenters. The Balaban J connectivity index is 1.63. The number of benzene rings is 2. The minimum absolute atomic E-state index is 0.0451. The van der Waals surface area contributed by atoms with Crippen LogP contribution in [0.3, 0.4) is 0 Å². The third-order valence-electron chi connectivity index (χ3n) is 4.10. The van der Waals surface area contributed by atoms with Gasteiger partial charge in [0.15, 0.2) is 0 Å². The third kappa shape index (κ3) is 3.31. The molecule has 1 aliphatic rings. The Labute approximate surface area is 137 Å². The molecular formula is C19H22N2O2. The zero-order chi connectivity index (χ0) is 16.2. The first-order valence-electron chi connectivity index (χ1n) is 8.05. The van der Waals surface area contributed by atoms with Gasteiger partial charge in [-0.3, -0.25) is 4.90 Å². The average molecular weight is 310 g/mol. The van der Waals surface area contributed by atoms with E-state index in [9.17, 15) is 4.79 Å². The van der Waals surface area contributed by atoms with Gasteiger partial charge in [0.2, 0.25) is 0 Å². The summed E-state index contributed by atoms with van der Waals surface area (Å²) in [4.78, 5) is 14.4. The molecule has 1 atom stereocenters. The number of urea groups is 1. The fourth-order valence-corrected chi connectivity index (χ4v) is 3.01. The Kier molecular flexibility index (Phi) is 4.51. The number of hydrogen-bond acceptors (Lipinski definition) is 2. The van der Waals surface area contributed by atoms with Crippen LogP contribution in [0.25, 0.3) is 0 Å². The predicted molar refractivity (Wildman–Crippen MR) is 91.9 cm³/mol. The van der Waals surface area contributed by atoms with Crippen LogP contribution in [0.2, 0.25) is 0 Å². The van der Waals surface area contributed by atoms with Crippen molar-refractivity contribution >= 4 is 11.7 Å². The molecule has 2 amide bonds. The lowest BCUT2D eigenvalue weighted by Crippen LogP contribution is -2.42. The first-order valence-corrected chi connectivity index (χ1v) is 8.05. The molecule has 1 aliphatic heterocycles. The van der Waals surface area contributed by atoms with Gasteiger partial charge in [0.05, 0.1) is 6.61 Å². The highest BCUT2D eigenvalue weighted by Crippen LogP contribution is 2.31. The summed E-state index contributed by atoms with van der Waals surface area (Å²) < 4.78 is 5.43. The van der Waals surface area contributed by atoms with E-state index < -0.39 is 0 Å². The maximum absolute atomic E-state index is 12.6. The van der Waals surface area contributed by atoms with Gasteiger partial charge in [-0.2, -0.15) is 0 Å². The fourth-order valence-electron chi connectivity index (χ4n) is 3.01. The Morgan fingerprint density at radius 3 is 2.70 bits per heavy atom. The summed E-state index contributed by atoms with van der Waals surface area (Å²) in [6.07, 6.45) is 0.909. The summed E-state index contributed by atoms with van der Waals surface area (Å²) in [5, 5.41) is 3.01. The van der Waals surface area contributed by atoms with Crippen molar-refractivity contribution in [3.63, 3.8) is 0 Å². The Bertz CT molecular complexity index is 682. The number of nitrogens with zero attached hydrogens (tertiary/aromatic N) is 1. The number of anilines is 1. The second kappa shape index (κ2) is 6.73. The number of ether oxygens (including phenoxy) is 1. The molecule has 4 nitrogen and oxygen atoms in total. The Hall–Kier alpha value is -2.49. The first kappa shape index (κ1) is 15.4. The third-order valence-corrected chi connectivity index (χ3v) is 4.10. The van der Waals surface area contributed by atoms with Crippen molar-refractivity contribution in [3.8, 4) is 5.75 Å². The van der Waals surface area contributed by atoms with Crippen molar-refractivity contribution in [2.24, 2.45) is 0 Å². The molecule has 0 saturated heterocycles. The quantitative estimate of drug-likeness (QED) is 0.934. The maximum atomic E-state index is 12.6.